The Kier molecular flexibility index (Phi) is 8.57. The zero-order valence-corrected chi connectivity index (χ0v) is 22.0. The lowest BCUT2D eigenvalue weighted by molar-refractivity contribution is -0.136. The number of fused-ring (bicyclic) bond motifs is 1. The van der Waals surface area contributed by atoms with E-state index >= 15 is 0 Å². The van der Waals surface area contributed by atoms with Crippen LogP contribution < -0.4 is 24.8 Å². The van der Waals surface area contributed by atoms with Crippen LogP contribution in [0.2, 0.25) is 0 Å². The second-order valence-electron chi connectivity index (χ2n) is 8.81. The minimum Gasteiger partial charge on any atom is -0.493 e. The Balaban J connectivity index is 1.43. The lowest BCUT2D eigenvalue weighted by Crippen LogP contribution is -2.40. The fourth-order valence-corrected chi connectivity index (χ4v) is 4.11. The molecule has 0 spiro atoms. The number of aromatic nitrogens is 1. The van der Waals surface area contributed by atoms with Gasteiger partial charge in [0.1, 0.15) is 11.3 Å². The molecule has 3 aromatic carbocycles. The molecule has 0 fully saturated rings. The fourth-order valence-electron chi connectivity index (χ4n) is 4.11. The van der Waals surface area contributed by atoms with Gasteiger partial charge in [-0.3, -0.25) is 14.6 Å². The number of hydrogen-bond acceptors (Lipinski definition) is 7. The molecule has 1 unspecified atom stereocenters. The summed E-state index contributed by atoms with van der Waals surface area (Å²) >= 11 is 0. The summed E-state index contributed by atoms with van der Waals surface area (Å²) in [4.78, 5) is 31.2. The van der Waals surface area contributed by atoms with Gasteiger partial charge in [-0.1, -0.05) is 30.3 Å². The van der Waals surface area contributed by atoms with Gasteiger partial charge in [0.2, 0.25) is 0 Å². The van der Waals surface area contributed by atoms with E-state index in [4.69, 9.17) is 14.2 Å². The third kappa shape index (κ3) is 6.24. The van der Waals surface area contributed by atoms with E-state index in [1.165, 1.54) is 32.5 Å². The summed E-state index contributed by atoms with van der Waals surface area (Å²) in [7, 11) is 6.80. The number of anilines is 1. The lowest BCUT2D eigenvalue weighted by atomic mass is 10.1. The largest absolute Gasteiger partial charge is 0.493 e. The maximum atomic E-state index is 14.9. The molecule has 4 aromatic rings. The van der Waals surface area contributed by atoms with E-state index in [0.29, 0.717) is 28.2 Å². The van der Waals surface area contributed by atoms with Gasteiger partial charge >= 0.3 is 11.8 Å². The monoisotopic (exact) mass is 532 g/mol. The minimum atomic E-state index is -0.908. The Morgan fingerprint density at radius 2 is 1.67 bits per heavy atom. The minimum absolute atomic E-state index is 0.0728. The lowest BCUT2D eigenvalue weighted by Gasteiger charge is -2.25. The fraction of sp³-hybridized carbons (Fsp3) is 0.207. The van der Waals surface area contributed by atoms with Crippen molar-refractivity contribution in [2.45, 2.75) is 6.04 Å². The number of rotatable bonds is 9. The summed E-state index contributed by atoms with van der Waals surface area (Å²) in [6.45, 7) is 0.223. The summed E-state index contributed by atoms with van der Waals surface area (Å²) in [5.41, 5.74) is 1.60. The summed E-state index contributed by atoms with van der Waals surface area (Å²) < 4.78 is 31.5. The van der Waals surface area contributed by atoms with Crippen LogP contribution in [0, 0.1) is 5.82 Å². The van der Waals surface area contributed by atoms with Crippen LogP contribution in [0.5, 0.6) is 23.0 Å². The highest BCUT2D eigenvalue weighted by Gasteiger charge is 2.20. The molecule has 0 aliphatic rings. The van der Waals surface area contributed by atoms with Gasteiger partial charge in [-0.05, 0) is 50.0 Å². The van der Waals surface area contributed by atoms with Gasteiger partial charge in [-0.2, -0.15) is 0 Å². The average molecular weight is 533 g/mol. The molecular formula is C29H29FN4O5. The molecule has 0 bridgehead atoms. The van der Waals surface area contributed by atoms with Crippen LogP contribution in [-0.2, 0) is 9.59 Å². The molecule has 0 saturated heterocycles. The van der Waals surface area contributed by atoms with Crippen LogP contribution >= 0.6 is 0 Å². The number of hydrogen-bond donors (Lipinski definition) is 2. The normalized spacial score (nSPS) is 11.6. The molecule has 0 saturated carbocycles. The zero-order valence-electron chi connectivity index (χ0n) is 22.0. The Morgan fingerprint density at radius 1 is 0.923 bits per heavy atom. The van der Waals surface area contributed by atoms with Crippen LogP contribution in [0.3, 0.4) is 0 Å². The second kappa shape index (κ2) is 12.2. The van der Waals surface area contributed by atoms with Gasteiger partial charge in [-0.25, -0.2) is 4.39 Å². The van der Waals surface area contributed by atoms with Crippen LogP contribution in [-0.4, -0.2) is 56.6 Å². The predicted octanol–water partition coefficient (Wildman–Crippen LogP) is 4.54. The van der Waals surface area contributed by atoms with E-state index in [2.05, 4.69) is 15.6 Å². The first kappa shape index (κ1) is 27.3. The molecule has 1 aromatic heterocycles. The van der Waals surface area contributed by atoms with Crippen LogP contribution in [0.15, 0.2) is 72.9 Å². The van der Waals surface area contributed by atoms with Crippen molar-refractivity contribution in [3.05, 3.63) is 84.3 Å². The van der Waals surface area contributed by atoms with Crippen molar-refractivity contribution in [1.29, 1.82) is 0 Å². The van der Waals surface area contributed by atoms with Crippen molar-refractivity contribution in [2.75, 3.05) is 40.2 Å². The number of carbonyl (C=O) groups excluding carboxylic acids is 2. The van der Waals surface area contributed by atoms with Crippen molar-refractivity contribution in [3.8, 4) is 23.0 Å². The second-order valence-corrected chi connectivity index (χ2v) is 8.81. The van der Waals surface area contributed by atoms with E-state index in [-0.39, 0.29) is 24.0 Å². The molecule has 0 aliphatic carbocycles. The number of ether oxygens (including phenoxy) is 3. The summed E-state index contributed by atoms with van der Waals surface area (Å²) in [6, 6.07) is 18.4. The molecule has 0 radical (unpaired) electrons. The number of nitrogens with zero attached hydrogens (tertiary/aromatic N) is 2. The topological polar surface area (TPSA) is 102 Å². The van der Waals surface area contributed by atoms with Gasteiger partial charge < -0.3 is 29.7 Å². The number of methoxy groups -OCH3 is 2. The van der Waals surface area contributed by atoms with E-state index in [1.807, 2.05) is 49.3 Å². The quantitative estimate of drug-likeness (QED) is 0.305. The molecule has 2 N–H and O–H groups in total. The summed E-state index contributed by atoms with van der Waals surface area (Å²) in [5, 5.41) is 5.66. The summed E-state index contributed by atoms with van der Waals surface area (Å²) in [5.74, 6) is -1.25. The molecule has 202 valence electrons. The number of halogens is 1. The Labute approximate surface area is 225 Å². The van der Waals surface area contributed by atoms with Gasteiger partial charge in [-0.15, -0.1) is 0 Å². The number of carbonyl (C=O) groups is 2. The van der Waals surface area contributed by atoms with Crippen LogP contribution in [0.25, 0.3) is 10.9 Å². The molecule has 10 heteroatoms. The Morgan fingerprint density at radius 3 is 2.33 bits per heavy atom. The van der Waals surface area contributed by atoms with E-state index in [9.17, 15) is 14.0 Å². The highest BCUT2D eigenvalue weighted by molar-refractivity contribution is 6.39. The van der Waals surface area contributed by atoms with Crippen molar-refractivity contribution in [1.82, 2.24) is 15.2 Å². The number of amides is 2. The predicted molar refractivity (Wildman–Crippen MR) is 146 cm³/mol. The van der Waals surface area contributed by atoms with Crippen LogP contribution in [0.1, 0.15) is 11.6 Å². The molecule has 0 aliphatic heterocycles. The number of benzene rings is 3. The molecule has 1 heterocycles. The number of nitrogens with one attached hydrogen (secondary N) is 2. The number of pyridine rings is 1. The highest BCUT2D eigenvalue weighted by Crippen LogP contribution is 2.39. The first-order valence-electron chi connectivity index (χ1n) is 12.1. The highest BCUT2D eigenvalue weighted by atomic mass is 19.1. The van der Waals surface area contributed by atoms with Crippen molar-refractivity contribution in [2.24, 2.45) is 0 Å². The maximum Gasteiger partial charge on any atom is 0.313 e. The third-order valence-electron chi connectivity index (χ3n) is 6.09. The van der Waals surface area contributed by atoms with E-state index < -0.39 is 17.6 Å². The Hall–Kier alpha value is -4.70. The van der Waals surface area contributed by atoms with E-state index in [1.54, 1.807) is 18.2 Å². The molecule has 1 atom stereocenters. The first-order valence-corrected chi connectivity index (χ1v) is 12.1. The summed E-state index contributed by atoms with van der Waals surface area (Å²) in [6.07, 6.45) is 1.52. The van der Waals surface area contributed by atoms with Crippen molar-refractivity contribution >= 4 is 28.4 Å². The van der Waals surface area contributed by atoms with Crippen LogP contribution in [0.4, 0.5) is 10.1 Å². The zero-order chi connectivity index (χ0) is 27.9. The van der Waals surface area contributed by atoms with Crippen molar-refractivity contribution < 1.29 is 28.2 Å². The van der Waals surface area contributed by atoms with E-state index in [0.717, 1.165) is 11.6 Å². The average Bonchev–Trinajstić information content (AvgIpc) is 2.94. The molecule has 9 nitrogen and oxygen atoms in total. The van der Waals surface area contributed by atoms with Gasteiger partial charge in [0.25, 0.3) is 0 Å². The molecule has 4 rings (SSSR count). The smallest absolute Gasteiger partial charge is 0.313 e. The SMILES string of the molecule is COc1ccc2c(Oc3ccc(NC(=O)C(=O)NCC(c4ccccc4)N(C)C)cc3F)ccnc2c1OC. The molecular weight excluding hydrogens is 503 g/mol. The Bertz CT molecular complexity index is 1480. The van der Waals surface area contributed by atoms with Gasteiger partial charge in [0, 0.05) is 29.9 Å². The standard InChI is InChI=1S/C29H29FN4O5/c1-34(2)22(18-8-6-5-7-9-18)17-32-28(35)29(36)33-19-10-12-24(21(30)16-19)39-23-14-15-31-26-20(23)11-13-25(37-3)27(26)38-4/h5-16,22H,17H2,1-4H3,(H,32,35)(H,33,36). The van der Waals surface area contributed by atoms with Gasteiger partial charge in [0.05, 0.1) is 20.3 Å². The number of likely N-dealkylation sites (N-methyl/N-ethyl adjacent to an activating group) is 1. The third-order valence-corrected chi connectivity index (χ3v) is 6.09. The maximum absolute atomic E-state index is 14.9. The molecule has 39 heavy (non-hydrogen) atoms. The first-order chi connectivity index (χ1) is 18.8. The molecule has 2 amide bonds. The van der Waals surface area contributed by atoms with Gasteiger partial charge in [0.15, 0.2) is 23.1 Å². The van der Waals surface area contributed by atoms with Crippen molar-refractivity contribution in [3.63, 3.8) is 0 Å².